The molecule has 0 radical (unpaired) electrons. The molecule has 0 saturated heterocycles. The van der Waals surface area contributed by atoms with Gasteiger partial charge in [0.15, 0.2) is 5.75 Å². The van der Waals surface area contributed by atoms with E-state index >= 15 is 0 Å². The van der Waals surface area contributed by atoms with E-state index in [9.17, 15) is 14.5 Å². The van der Waals surface area contributed by atoms with Gasteiger partial charge >= 0.3 is 0 Å². The number of fused-ring (bicyclic) bond motifs is 1. The van der Waals surface area contributed by atoms with Crippen molar-refractivity contribution in [1.82, 2.24) is 0 Å². The smallest absolute Gasteiger partial charge is 0.279 e. The van der Waals surface area contributed by atoms with Crippen molar-refractivity contribution in [3.8, 4) is 5.75 Å². The van der Waals surface area contributed by atoms with E-state index in [1.807, 2.05) is 0 Å². The molecule has 0 spiro atoms. The van der Waals surface area contributed by atoms with E-state index < -0.39 is 0 Å². The first-order chi connectivity index (χ1) is 11.0. The van der Waals surface area contributed by atoms with Gasteiger partial charge in [-0.05, 0) is 37.6 Å². The zero-order chi connectivity index (χ0) is 16.6. The van der Waals surface area contributed by atoms with Crippen molar-refractivity contribution in [2.45, 2.75) is 20.4 Å². The third-order valence-electron chi connectivity index (χ3n) is 4.07. The summed E-state index contributed by atoms with van der Waals surface area (Å²) in [5.41, 5.74) is 3.09. The van der Waals surface area contributed by atoms with Gasteiger partial charge < -0.3 is 9.64 Å². The van der Waals surface area contributed by atoms with Gasteiger partial charge in [-0.25, -0.2) is 4.39 Å². The summed E-state index contributed by atoms with van der Waals surface area (Å²) in [6.45, 7) is 5.20. The predicted octanol–water partition coefficient (Wildman–Crippen LogP) is 3.75. The zero-order valence-electron chi connectivity index (χ0n) is 13.0. The fourth-order valence-corrected chi connectivity index (χ4v) is 2.99. The van der Waals surface area contributed by atoms with E-state index in [-0.39, 0.29) is 16.4 Å². The fraction of sp³-hybridized carbons (Fsp3) is 0.294. The second kappa shape index (κ2) is 5.87. The maximum atomic E-state index is 13.0. The Morgan fingerprint density at radius 3 is 2.65 bits per heavy atom. The third kappa shape index (κ3) is 2.84. The molecule has 0 unspecified atom stereocenters. The van der Waals surface area contributed by atoms with Crippen LogP contribution in [0.5, 0.6) is 5.75 Å². The number of anilines is 1. The lowest BCUT2D eigenvalue weighted by Crippen LogP contribution is -2.32. The number of hydrogen-bond acceptors (Lipinski definition) is 4. The molecule has 1 heterocycles. The van der Waals surface area contributed by atoms with Crippen LogP contribution in [0.4, 0.5) is 15.8 Å². The summed E-state index contributed by atoms with van der Waals surface area (Å²) in [5.74, 6) is 0.300. The lowest BCUT2D eigenvalue weighted by molar-refractivity contribution is -0.386. The molecule has 0 aromatic heterocycles. The molecular weight excluding hydrogens is 299 g/mol. The van der Waals surface area contributed by atoms with Crippen LogP contribution >= 0.6 is 0 Å². The molecule has 3 rings (SSSR count). The van der Waals surface area contributed by atoms with Crippen molar-refractivity contribution in [3.05, 3.63) is 63.0 Å². The Balaban J connectivity index is 1.99. The van der Waals surface area contributed by atoms with Crippen LogP contribution in [0.25, 0.3) is 0 Å². The molecule has 0 fully saturated rings. The molecule has 2 aromatic rings. The summed E-state index contributed by atoms with van der Waals surface area (Å²) in [6, 6.07) is 8.15. The molecule has 120 valence electrons. The SMILES string of the molecule is Cc1cc2c(c(C)c1[N+](=O)[O-])OCCN2Cc1ccc(F)cc1. The largest absolute Gasteiger partial charge is 0.489 e. The number of nitro benzene ring substituents is 1. The van der Waals surface area contributed by atoms with Crippen LogP contribution in [0.15, 0.2) is 30.3 Å². The van der Waals surface area contributed by atoms with E-state index in [0.717, 1.165) is 11.3 Å². The Morgan fingerprint density at radius 2 is 2.00 bits per heavy atom. The maximum absolute atomic E-state index is 13.0. The van der Waals surface area contributed by atoms with Gasteiger partial charge in [0.1, 0.15) is 12.4 Å². The summed E-state index contributed by atoms with van der Waals surface area (Å²) in [5, 5.41) is 11.2. The molecule has 0 aliphatic carbocycles. The first-order valence-electron chi connectivity index (χ1n) is 7.38. The van der Waals surface area contributed by atoms with Crippen LogP contribution in [0.3, 0.4) is 0 Å². The van der Waals surface area contributed by atoms with Crippen LogP contribution < -0.4 is 9.64 Å². The molecule has 5 nitrogen and oxygen atoms in total. The number of rotatable bonds is 3. The first-order valence-corrected chi connectivity index (χ1v) is 7.38. The number of benzene rings is 2. The van der Waals surface area contributed by atoms with Gasteiger partial charge in [-0.2, -0.15) is 0 Å². The van der Waals surface area contributed by atoms with E-state index in [1.54, 1.807) is 32.0 Å². The second-order valence-electron chi connectivity index (χ2n) is 5.67. The fourth-order valence-electron chi connectivity index (χ4n) is 2.99. The molecule has 6 heteroatoms. The number of hydrogen-bond donors (Lipinski definition) is 0. The molecule has 23 heavy (non-hydrogen) atoms. The minimum atomic E-state index is -0.368. The number of ether oxygens (including phenoxy) is 1. The Labute approximate surface area is 133 Å². The van der Waals surface area contributed by atoms with Crippen LogP contribution in [-0.2, 0) is 6.54 Å². The molecule has 1 aliphatic heterocycles. The van der Waals surface area contributed by atoms with Crippen molar-refractivity contribution in [2.75, 3.05) is 18.1 Å². The van der Waals surface area contributed by atoms with Crippen LogP contribution in [0, 0.1) is 29.8 Å². The molecule has 1 aliphatic rings. The molecule has 0 N–H and O–H groups in total. The normalized spacial score (nSPS) is 13.4. The summed E-state index contributed by atoms with van der Waals surface area (Å²) >= 11 is 0. The zero-order valence-corrected chi connectivity index (χ0v) is 13.0. The minimum absolute atomic E-state index is 0.104. The Hall–Kier alpha value is -2.63. The van der Waals surface area contributed by atoms with Gasteiger partial charge in [0.05, 0.1) is 22.7 Å². The molecule has 0 amide bonds. The molecular formula is C17H17FN2O3. The highest BCUT2D eigenvalue weighted by molar-refractivity contribution is 5.71. The van der Waals surface area contributed by atoms with Crippen LogP contribution in [0.2, 0.25) is 0 Å². The molecule has 2 aromatic carbocycles. The van der Waals surface area contributed by atoms with E-state index in [1.165, 1.54) is 12.1 Å². The van der Waals surface area contributed by atoms with E-state index in [0.29, 0.717) is 36.6 Å². The highest BCUT2D eigenvalue weighted by Gasteiger charge is 2.27. The van der Waals surface area contributed by atoms with Crippen LogP contribution in [0.1, 0.15) is 16.7 Å². The van der Waals surface area contributed by atoms with E-state index in [4.69, 9.17) is 4.74 Å². The second-order valence-corrected chi connectivity index (χ2v) is 5.67. The van der Waals surface area contributed by atoms with Gasteiger partial charge in [0.25, 0.3) is 5.69 Å². The number of aryl methyl sites for hydroxylation is 1. The predicted molar refractivity (Wildman–Crippen MR) is 85.5 cm³/mol. The monoisotopic (exact) mass is 316 g/mol. The molecule has 0 saturated carbocycles. The van der Waals surface area contributed by atoms with Crippen molar-refractivity contribution in [3.63, 3.8) is 0 Å². The molecule has 0 bridgehead atoms. The van der Waals surface area contributed by atoms with Crippen LogP contribution in [-0.4, -0.2) is 18.1 Å². The highest BCUT2D eigenvalue weighted by Crippen LogP contribution is 2.42. The number of nitrogens with zero attached hydrogens (tertiary/aromatic N) is 2. The van der Waals surface area contributed by atoms with Crippen molar-refractivity contribution >= 4 is 11.4 Å². The molecule has 0 atom stereocenters. The van der Waals surface area contributed by atoms with E-state index in [2.05, 4.69) is 4.90 Å². The average Bonchev–Trinajstić information content (AvgIpc) is 2.50. The van der Waals surface area contributed by atoms with Gasteiger partial charge in [-0.15, -0.1) is 0 Å². The number of nitro groups is 1. The van der Waals surface area contributed by atoms with Gasteiger partial charge in [-0.3, -0.25) is 10.1 Å². The summed E-state index contributed by atoms with van der Waals surface area (Å²) in [6.07, 6.45) is 0. The number of halogens is 1. The topological polar surface area (TPSA) is 55.6 Å². The van der Waals surface area contributed by atoms with Gasteiger partial charge in [-0.1, -0.05) is 12.1 Å². The summed E-state index contributed by atoms with van der Waals surface area (Å²) in [7, 11) is 0. The van der Waals surface area contributed by atoms with Gasteiger partial charge in [0, 0.05) is 12.1 Å². The average molecular weight is 316 g/mol. The Kier molecular flexibility index (Phi) is 3.90. The maximum Gasteiger partial charge on any atom is 0.279 e. The van der Waals surface area contributed by atoms with Crippen molar-refractivity contribution in [2.24, 2.45) is 0 Å². The quantitative estimate of drug-likeness (QED) is 0.639. The standard InChI is InChI=1S/C17H17FN2O3/c1-11-9-15-17(12(2)16(11)20(21)22)23-8-7-19(15)10-13-3-5-14(18)6-4-13/h3-6,9H,7-8,10H2,1-2H3. The summed E-state index contributed by atoms with van der Waals surface area (Å²) < 4.78 is 18.7. The Bertz CT molecular complexity index is 759. The van der Waals surface area contributed by atoms with Crippen molar-refractivity contribution < 1.29 is 14.1 Å². The lowest BCUT2D eigenvalue weighted by Gasteiger charge is -2.32. The Morgan fingerprint density at radius 1 is 1.30 bits per heavy atom. The minimum Gasteiger partial charge on any atom is -0.489 e. The highest BCUT2D eigenvalue weighted by atomic mass is 19.1. The third-order valence-corrected chi connectivity index (χ3v) is 4.07. The van der Waals surface area contributed by atoms with Gasteiger partial charge in [0.2, 0.25) is 0 Å². The summed E-state index contributed by atoms with van der Waals surface area (Å²) in [4.78, 5) is 13.0. The van der Waals surface area contributed by atoms with Crippen molar-refractivity contribution in [1.29, 1.82) is 0 Å². The lowest BCUT2D eigenvalue weighted by atomic mass is 10.0. The first kappa shape index (κ1) is 15.3.